The van der Waals surface area contributed by atoms with E-state index >= 15 is 0 Å². The molecule has 0 bridgehead atoms. The zero-order valence-corrected chi connectivity index (χ0v) is 16.2. The van der Waals surface area contributed by atoms with Crippen molar-refractivity contribution in [3.8, 4) is 10.9 Å². The summed E-state index contributed by atoms with van der Waals surface area (Å²) in [7, 11) is 1.65. The highest BCUT2D eigenvalue weighted by Gasteiger charge is 2.27. The van der Waals surface area contributed by atoms with Crippen LogP contribution in [-0.4, -0.2) is 42.1 Å². The molecule has 1 aliphatic heterocycles. The summed E-state index contributed by atoms with van der Waals surface area (Å²) < 4.78 is 12.4. The molecule has 136 valence electrons. The van der Waals surface area contributed by atoms with Crippen molar-refractivity contribution in [2.75, 3.05) is 20.2 Å². The zero-order valence-electron chi connectivity index (χ0n) is 15.4. The van der Waals surface area contributed by atoms with Crippen LogP contribution in [0.25, 0.3) is 10.2 Å². The van der Waals surface area contributed by atoms with Crippen molar-refractivity contribution >= 4 is 27.5 Å². The first-order valence-corrected chi connectivity index (χ1v) is 9.55. The molecule has 0 aliphatic carbocycles. The SMILES string of the molecule is COc1ccc2sc(OC3CCN(C(=O)CC(C)(C)C)CC3)nc2c1. The second-order valence-electron chi connectivity index (χ2n) is 7.75. The number of benzene rings is 1. The number of nitrogens with zero attached hydrogens (tertiary/aromatic N) is 2. The molecule has 25 heavy (non-hydrogen) atoms. The largest absolute Gasteiger partial charge is 0.497 e. The Hall–Kier alpha value is -1.82. The summed E-state index contributed by atoms with van der Waals surface area (Å²) in [5.74, 6) is 1.05. The van der Waals surface area contributed by atoms with Crippen molar-refractivity contribution in [1.82, 2.24) is 9.88 Å². The predicted octanol–water partition coefficient (Wildman–Crippen LogP) is 4.11. The van der Waals surface area contributed by atoms with Gasteiger partial charge in [0.2, 0.25) is 5.91 Å². The number of ether oxygens (including phenoxy) is 2. The molecule has 2 aromatic rings. The van der Waals surface area contributed by atoms with Crippen LogP contribution in [0.2, 0.25) is 0 Å². The number of rotatable bonds is 4. The van der Waals surface area contributed by atoms with Gasteiger partial charge in [0.05, 0.1) is 17.3 Å². The van der Waals surface area contributed by atoms with Crippen molar-refractivity contribution in [2.45, 2.75) is 46.1 Å². The van der Waals surface area contributed by atoms with Crippen LogP contribution in [0.4, 0.5) is 0 Å². The molecule has 1 amide bonds. The van der Waals surface area contributed by atoms with Crippen molar-refractivity contribution in [3.05, 3.63) is 18.2 Å². The van der Waals surface area contributed by atoms with Gasteiger partial charge in [0.25, 0.3) is 5.19 Å². The highest BCUT2D eigenvalue weighted by Crippen LogP contribution is 2.32. The van der Waals surface area contributed by atoms with E-state index in [9.17, 15) is 4.79 Å². The summed E-state index contributed by atoms with van der Waals surface area (Å²) in [6.07, 6.45) is 2.43. The molecule has 0 spiro atoms. The first-order chi connectivity index (χ1) is 11.8. The lowest BCUT2D eigenvalue weighted by Gasteiger charge is -2.33. The smallest absolute Gasteiger partial charge is 0.274 e. The molecule has 1 aromatic carbocycles. The van der Waals surface area contributed by atoms with Gasteiger partial charge in [-0.25, -0.2) is 4.98 Å². The molecule has 1 saturated heterocycles. The van der Waals surface area contributed by atoms with E-state index in [-0.39, 0.29) is 17.4 Å². The summed E-state index contributed by atoms with van der Waals surface area (Å²) in [5, 5.41) is 0.697. The summed E-state index contributed by atoms with van der Waals surface area (Å²) in [5.41, 5.74) is 0.934. The second kappa shape index (κ2) is 7.20. The Morgan fingerprint density at radius 2 is 2.04 bits per heavy atom. The molecule has 3 rings (SSSR count). The van der Waals surface area contributed by atoms with Gasteiger partial charge in [0.1, 0.15) is 11.9 Å². The lowest BCUT2D eigenvalue weighted by Crippen LogP contribution is -2.42. The number of thiazole rings is 1. The van der Waals surface area contributed by atoms with Gasteiger partial charge in [-0.15, -0.1) is 0 Å². The van der Waals surface area contributed by atoms with Crippen LogP contribution in [0.5, 0.6) is 10.9 Å². The van der Waals surface area contributed by atoms with Crippen LogP contribution in [0.3, 0.4) is 0 Å². The van der Waals surface area contributed by atoms with E-state index in [2.05, 4.69) is 25.8 Å². The summed E-state index contributed by atoms with van der Waals surface area (Å²) in [4.78, 5) is 18.8. The number of likely N-dealkylation sites (tertiary alicyclic amines) is 1. The van der Waals surface area contributed by atoms with Crippen LogP contribution in [0.15, 0.2) is 18.2 Å². The number of amides is 1. The van der Waals surface area contributed by atoms with Gasteiger partial charge in [-0.05, 0) is 17.5 Å². The Morgan fingerprint density at radius 3 is 2.68 bits per heavy atom. The van der Waals surface area contributed by atoms with Gasteiger partial charge in [-0.2, -0.15) is 0 Å². The van der Waals surface area contributed by atoms with Crippen molar-refractivity contribution in [2.24, 2.45) is 5.41 Å². The van der Waals surface area contributed by atoms with Crippen LogP contribution < -0.4 is 9.47 Å². The molecule has 1 fully saturated rings. The summed E-state index contributed by atoms with van der Waals surface area (Å²) in [6, 6.07) is 5.86. The first-order valence-electron chi connectivity index (χ1n) is 8.73. The number of carbonyl (C=O) groups is 1. The molecule has 0 N–H and O–H groups in total. The molecular weight excluding hydrogens is 336 g/mol. The average molecular weight is 362 g/mol. The molecule has 2 heterocycles. The Balaban J connectivity index is 1.56. The number of hydrogen-bond acceptors (Lipinski definition) is 5. The monoisotopic (exact) mass is 362 g/mol. The van der Waals surface area contributed by atoms with Crippen LogP contribution in [0.1, 0.15) is 40.0 Å². The van der Waals surface area contributed by atoms with E-state index < -0.39 is 0 Å². The fourth-order valence-corrected chi connectivity index (χ4v) is 3.86. The summed E-state index contributed by atoms with van der Waals surface area (Å²) >= 11 is 1.56. The number of carbonyl (C=O) groups excluding carboxylic acids is 1. The molecule has 0 saturated carbocycles. The van der Waals surface area contributed by atoms with E-state index in [1.165, 1.54) is 0 Å². The predicted molar refractivity (Wildman–Crippen MR) is 100 cm³/mol. The van der Waals surface area contributed by atoms with E-state index in [4.69, 9.17) is 9.47 Å². The van der Waals surface area contributed by atoms with Crippen LogP contribution in [-0.2, 0) is 4.79 Å². The fraction of sp³-hybridized carbons (Fsp3) is 0.579. The Morgan fingerprint density at radius 1 is 1.32 bits per heavy atom. The van der Waals surface area contributed by atoms with Crippen molar-refractivity contribution in [1.29, 1.82) is 0 Å². The minimum Gasteiger partial charge on any atom is -0.497 e. The molecule has 6 heteroatoms. The lowest BCUT2D eigenvalue weighted by molar-refractivity contribution is -0.134. The number of fused-ring (bicyclic) bond motifs is 1. The molecule has 5 nitrogen and oxygen atoms in total. The highest BCUT2D eigenvalue weighted by molar-refractivity contribution is 7.20. The van der Waals surface area contributed by atoms with Gasteiger partial charge < -0.3 is 14.4 Å². The number of piperidine rings is 1. The standard InChI is InChI=1S/C19H26N2O3S/c1-19(2,3)12-17(22)21-9-7-13(8-10-21)24-18-20-15-11-14(23-4)5-6-16(15)25-18/h5-6,11,13H,7-10,12H2,1-4H3. The van der Waals surface area contributed by atoms with Gasteiger partial charge >= 0.3 is 0 Å². The lowest BCUT2D eigenvalue weighted by atomic mass is 9.91. The van der Waals surface area contributed by atoms with Crippen molar-refractivity contribution < 1.29 is 14.3 Å². The molecule has 0 radical (unpaired) electrons. The topological polar surface area (TPSA) is 51.7 Å². The van der Waals surface area contributed by atoms with E-state index in [0.29, 0.717) is 11.6 Å². The van der Waals surface area contributed by atoms with Gasteiger partial charge in [0.15, 0.2) is 0 Å². The molecule has 0 unspecified atom stereocenters. The Labute approximate surface area is 152 Å². The summed E-state index contributed by atoms with van der Waals surface area (Å²) in [6.45, 7) is 7.82. The average Bonchev–Trinajstić information content (AvgIpc) is 2.95. The van der Waals surface area contributed by atoms with Gasteiger partial charge in [0, 0.05) is 38.4 Å². The van der Waals surface area contributed by atoms with E-state index in [1.54, 1.807) is 18.4 Å². The fourth-order valence-electron chi connectivity index (χ4n) is 2.99. The minimum absolute atomic E-state index is 0.0342. The van der Waals surface area contributed by atoms with Crippen LogP contribution in [0, 0.1) is 5.41 Å². The maximum atomic E-state index is 12.3. The number of aromatic nitrogens is 1. The number of hydrogen-bond donors (Lipinski definition) is 0. The minimum atomic E-state index is 0.0342. The molecule has 1 aromatic heterocycles. The Bertz CT molecular complexity index is 743. The van der Waals surface area contributed by atoms with E-state index in [0.717, 1.165) is 41.9 Å². The third-order valence-corrected chi connectivity index (χ3v) is 5.25. The second-order valence-corrected chi connectivity index (χ2v) is 8.74. The van der Waals surface area contributed by atoms with Crippen molar-refractivity contribution in [3.63, 3.8) is 0 Å². The van der Waals surface area contributed by atoms with Gasteiger partial charge in [-0.3, -0.25) is 4.79 Å². The zero-order chi connectivity index (χ0) is 18.0. The third-order valence-electron chi connectivity index (χ3n) is 4.32. The number of methoxy groups -OCH3 is 1. The highest BCUT2D eigenvalue weighted by atomic mass is 32.1. The molecular formula is C19H26N2O3S. The van der Waals surface area contributed by atoms with Crippen LogP contribution >= 0.6 is 11.3 Å². The maximum absolute atomic E-state index is 12.3. The van der Waals surface area contributed by atoms with E-state index in [1.807, 2.05) is 23.1 Å². The molecule has 1 aliphatic rings. The maximum Gasteiger partial charge on any atom is 0.274 e. The third kappa shape index (κ3) is 4.63. The van der Waals surface area contributed by atoms with Gasteiger partial charge in [-0.1, -0.05) is 32.1 Å². The molecule has 0 atom stereocenters. The first kappa shape index (κ1) is 18.0. The normalized spacial score (nSPS) is 16.2. The quantitative estimate of drug-likeness (QED) is 0.821. The Kier molecular flexibility index (Phi) is 5.18.